The van der Waals surface area contributed by atoms with Crippen LogP contribution in [0.25, 0.3) is 10.9 Å². The lowest BCUT2D eigenvalue weighted by atomic mass is 10.1. The molecule has 0 spiro atoms. The van der Waals surface area contributed by atoms with Crippen molar-refractivity contribution in [1.82, 2.24) is 9.88 Å². The molecule has 19 heavy (non-hydrogen) atoms. The van der Waals surface area contributed by atoms with Crippen molar-refractivity contribution in [3.63, 3.8) is 0 Å². The molecule has 0 unspecified atom stereocenters. The minimum Gasteiger partial charge on any atom is -0.357 e. The Morgan fingerprint density at radius 1 is 1.11 bits per heavy atom. The summed E-state index contributed by atoms with van der Waals surface area (Å²) in [6.07, 6.45) is 3.92. The molecule has 3 nitrogen and oxygen atoms in total. The predicted molar refractivity (Wildman–Crippen MR) is 80.7 cm³/mol. The first-order chi connectivity index (χ1) is 9.27. The van der Waals surface area contributed by atoms with E-state index in [-0.39, 0.29) is 0 Å². The van der Waals surface area contributed by atoms with Crippen LogP contribution in [0.3, 0.4) is 0 Å². The molecular formula is C16H21N3. The molecular weight excluding hydrogens is 234 g/mol. The van der Waals surface area contributed by atoms with Crippen molar-refractivity contribution in [2.75, 3.05) is 13.1 Å². The Kier molecular flexibility index (Phi) is 4.50. The number of nitrogens with zero attached hydrogens (tertiary/aromatic N) is 2. The Bertz CT molecular complexity index is 551. The molecule has 2 rings (SSSR count). The van der Waals surface area contributed by atoms with E-state index in [0.717, 1.165) is 42.4 Å². The predicted octanol–water partition coefficient (Wildman–Crippen LogP) is 3.68. The molecule has 0 fully saturated rings. The molecule has 0 aliphatic carbocycles. The molecule has 0 aliphatic rings. The number of fused-ring (bicyclic) bond motifs is 1. The third-order valence-electron chi connectivity index (χ3n) is 3.21. The van der Waals surface area contributed by atoms with E-state index >= 15 is 0 Å². The fourth-order valence-electron chi connectivity index (χ4n) is 2.35. The van der Waals surface area contributed by atoms with Crippen LogP contribution in [0, 0.1) is 5.41 Å². The summed E-state index contributed by atoms with van der Waals surface area (Å²) >= 11 is 0. The Hall–Kier alpha value is -1.90. The molecule has 0 saturated carbocycles. The van der Waals surface area contributed by atoms with Crippen LogP contribution in [0.2, 0.25) is 0 Å². The molecule has 1 aromatic carbocycles. The van der Waals surface area contributed by atoms with Crippen molar-refractivity contribution in [3.05, 3.63) is 42.1 Å². The minimum atomic E-state index is 0.613. The maximum absolute atomic E-state index is 8.47. The van der Waals surface area contributed by atoms with Gasteiger partial charge in [0.1, 0.15) is 5.84 Å². The highest BCUT2D eigenvalue weighted by molar-refractivity contribution is 6.07. The van der Waals surface area contributed by atoms with Crippen molar-refractivity contribution in [2.24, 2.45) is 0 Å². The zero-order chi connectivity index (χ0) is 13.7. The van der Waals surface area contributed by atoms with E-state index in [9.17, 15) is 0 Å². The van der Waals surface area contributed by atoms with E-state index in [1.54, 1.807) is 6.20 Å². The van der Waals surface area contributed by atoms with Gasteiger partial charge in [0.15, 0.2) is 0 Å². The highest BCUT2D eigenvalue weighted by Crippen LogP contribution is 2.18. The molecule has 3 heteroatoms. The summed E-state index contributed by atoms with van der Waals surface area (Å²) in [6.45, 7) is 6.17. The van der Waals surface area contributed by atoms with Crippen LogP contribution >= 0.6 is 0 Å². The average molecular weight is 255 g/mol. The first kappa shape index (κ1) is 13.5. The van der Waals surface area contributed by atoms with Gasteiger partial charge in [0, 0.05) is 30.2 Å². The van der Waals surface area contributed by atoms with Crippen molar-refractivity contribution >= 4 is 16.7 Å². The van der Waals surface area contributed by atoms with Crippen LogP contribution in [0.1, 0.15) is 32.3 Å². The third-order valence-corrected chi connectivity index (χ3v) is 3.21. The Morgan fingerprint density at radius 3 is 2.47 bits per heavy atom. The van der Waals surface area contributed by atoms with Crippen LogP contribution in [0.15, 0.2) is 36.5 Å². The molecule has 0 saturated heterocycles. The van der Waals surface area contributed by atoms with Gasteiger partial charge < -0.3 is 4.90 Å². The zero-order valence-electron chi connectivity index (χ0n) is 11.7. The average Bonchev–Trinajstić information content (AvgIpc) is 2.46. The molecule has 0 amide bonds. The van der Waals surface area contributed by atoms with Gasteiger partial charge in [-0.1, -0.05) is 32.0 Å². The van der Waals surface area contributed by atoms with Crippen molar-refractivity contribution < 1.29 is 0 Å². The van der Waals surface area contributed by atoms with E-state index in [1.807, 2.05) is 30.3 Å². The summed E-state index contributed by atoms with van der Waals surface area (Å²) in [6, 6.07) is 9.98. The molecule has 1 heterocycles. The van der Waals surface area contributed by atoms with Crippen LogP contribution in [0.5, 0.6) is 0 Å². The molecule has 2 aromatic rings. The molecule has 0 atom stereocenters. The summed E-state index contributed by atoms with van der Waals surface area (Å²) in [4.78, 5) is 6.51. The van der Waals surface area contributed by atoms with Crippen LogP contribution in [-0.4, -0.2) is 28.8 Å². The molecule has 0 aliphatic heterocycles. The lowest BCUT2D eigenvalue weighted by molar-refractivity contribution is 0.415. The van der Waals surface area contributed by atoms with Crippen molar-refractivity contribution in [3.8, 4) is 0 Å². The first-order valence-electron chi connectivity index (χ1n) is 6.95. The van der Waals surface area contributed by atoms with Gasteiger partial charge in [0.25, 0.3) is 0 Å². The van der Waals surface area contributed by atoms with Crippen LogP contribution < -0.4 is 0 Å². The maximum atomic E-state index is 8.47. The SMILES string of the molecule is CCCN(CCC)C(=N)c1ccnc2ccccc12. The second kappa shape index (κ2) is 6.32. The number of hydrogen-bond donors (Lipinski definition) is 1. The molecule has 0 bridgehead atoms. The number of amidine groups is 1. The third kappa shape index (κ3) is 2.92. The summed E-state index contributed by atoms with van der Waals surface area (Å²) < 4.78 is 0. The smallest absolute Gasteiger partial charge is 0.128 e. The topological polar surface area (TPSA) is 40.0 Å². The Balaban J connectivity index is 2.39. The summed E-state index contributed by atoms with van der Waals surface area (Å²) in [7, 11) is 0. The summed E-state index contributed by atoms with van der Waals surface area (Å²) in [5.74, 6) is 0.613. The molecule has 1 aromatic heterocycles. The van der Waals surface area contributed by atoms with E-state index in [0.29, 0.717) is 5.84 Å². The fraction of sp³-hybridized carbons (Fsp3) is 0.375. The number of para-hydroxylation sites is 1. The molecule has 100 valence electrons. The second-order valence-electron chi connectivity index (χ2n) is 4.71. The van der Waals surface area contributed by atoms with Gasteiger partial charge in [-0.15, -0.1) is 0 Å². The lowest BCUT2D eigenvalue weighted by Gasteiger charge is -2.24. The number of nitrogens with one attached hydrogen (secondary N) is 1. The van der Waals surface area contributed by atoms with Gasteiger partial charge in [0.05, 0.1) is 5.52 Å². The van der Waals surface area contributed by atoms with Crippen LogP contribution in [-0.2, 0) is 0 Å². The molecule has 1 N–H and O–H groups in total. The maximum Gasteiger partial charge on any atom is 0.128 e. The van der Waals surface area contributed by atoms with E-state index in [4.69, 9.17) is 5.41 Å². The minimum absolute atomic E-state index is 0.613. The fourth-order valence-corrected chi connectivity index (χ4v) is 2.35. The lowest BCUT2D eigenvalue weighted by Crippen LogP contribution is -2.32. The zero-order valence-corrected chi connectivity index (χ0v) is 11.7. The van der Waals surface area contributed by atoms with Gasteiger partial charge in [0.2, 0.25) is 0 Å². The number of rotatable bonds is 5. The van der Waals surface area contributed by atoms with Gasteiger partial charge in [-0.05, 0) is 25.0 Å². The van der Waals surface area contributed by atoms with E-state index in [1.165, 1.54) is 0 Å². The highest BCUT2D eigenvalue weighted by Gasteiger charge is 2.13. The number of pyridine rings is 1. The van der Waals surface area contributed by atoms with Gasteiger partial charge in [-0.2, -0.15) is 0 Å². The summed E-state index contributed by atoms with van der Waals surface area (Å²) in [5.41, 5.74) is 1.94. The van der Waals surface area contributed by atoms with E-state index < -0.39 is 0 Å². The van der Waals surface area contributed by atoms with E-state index in [2.05, 4.69) is 23.7 Å². The number of benzene rings is 1. The van der Waals surface area contributed by atoms with Crippen molar-refractivity contribution in [2.45, 2.75) is 26.7 Å². The molecule has 0 radical (unpaired) electrons. The normalized spacial score (nSPS) is 10.6. The Morgan fingerprint density at radius 2 is 1.79 bits per heavy atom. The van der Waals surface area contributed by atoms with Crippen LogP contribution in [0.4, 0.5) is 0 Å². The van der Waals surface area contributed by atoms with Crippen molar-refractivity contribution in [1.29, 1.82) is 5.41 Å². The largest absolute Gasteiger partial charge is 0.357 e. The standard InChI is InChI=1S/C16H21N3/c1-3-11-19(12-4-2)16(17)14-9-10-18-15-8-6-5-7-13(14)15/h5-10,17H,3-4,11-12H2,1-2H3. The highest BCUT2D eigenvalue weighted by atomic mass is 15.2. The van der Waals surface area contributed by atoms with Gasteiger partial charge in [-0.3, -0.25) is 10.4 Å². The number of aromatic nitrogens is 1. The van der Waals surface area contributed by atoms with Gasteiger partial charge >= 0.3 is 0 Å². The number of hydrogen-bond acceptors (Lipinski definition) is 2. The quantitative estimate of drug-likeness (QED) is 0.654. The first-order valence-corrected chi connectivity index (χ1v) is 6.95. The Labute approximate surface area is 114 Å². The second-order valence-corrected chi connectivity index (χ2v) is 4.71. The monoisotopic (exact) mass is 255 g/mol. The van der Waals surface area contributed by atoms with Gasteiger partial charge in [-0.25, -0.2) is 0 Å². The summed E-state index contributed by atoms with van der Waals surface area (Å²) in [5, 5.41) is 9.54.